The van der Waals surface area contributed by atoms with Gasteiger partial charge < -0.3 is 20.1 Å². The predicted octanol–water partition coefficient (Wildman–Crippen LogP) is 0.227. The summed E-state index contributed by atoms with van der Waals surface area (Å²) in [5.41, 5.74) is 1.07. The molecule has 1 aliphatic rings. The highest BCUT2D eigenvalue weighted by molar-refractivity contribution is 5.88. The van der Waals surface area contributed by atoms with Gasteiger partial charge in [-0.05, 0) is 24.6 Å². The topological polar surface area (TPSA) is 82.1 Å². The SMILES string of the molecule is CCOc1ccc(CN2CCNC(=O)[C@@H]2CC(=O)N(C)CCO)cc1. The third-order valence-electron chi connectivity index (χ3n) is 4.29. The van der Waals surface area contributed by atoms with E-state index >= 15 is 0 Å². The van der Waals surface area contributed by atoms with E-state index in [1.807, 2.05) is 36.1 Å². The molecule has 1 heterocycles. The number of hydrogen-bond acceptors (Lipinski definition) is 5. The van der Waals surface area contributed by atoms with Crippen LogP contribution < -0.4 is 10.1 Å². The molecule has 0 radical (unpaired) electrons. The van der Waals surface area contributed by atoms with Crippen LogP contribution in [0, 0.1) is 0 Å². The van der Waals surface area contributed by atoms with Crippen molar-refractivity contribution < 1.29 is 19.4 Å². The number of aliphatic hydroxyl groups is 1. The molecule has 2 amide bonds. The first kappa shape index (κ1) is 19.2. The van der Waals surface area contributed by atoms with E-state index in [1.165, 1.54) is 4.90 Å². The number of benzene rings is 1. The quantitative estimate of drug-likeness (QED) is 0.702. The second-order valence-electron chi connectivity index (χ2n) is 6.10. The Balaban J connectivity index is 2.03. The van der Waals surface area contributed by atoms with Crippen molar-refractivity contribution in [2.45, 2.75) is 25.9 Å². The Labute approximate surface area is 148 Å². The number of nitrogens with one attached hydrogen (secondary N) is 1. The summed E-state index contributed by atoms with van der Waals surface area (Å²) >= 11 is 0. The van der Waals surface area contributed by atoms with Gasteiger partial charge in [-0.25, -0.2) is 0 Å². The Morgan fingerprint density at radius 2 is 2.12 bits per heavy atom. The van der Waals surface area contributed by atoms with Crippen LogP contribution in [0.2, 0.25) is 0 Å². The van der Waals surface area contributed by atoms with E-state index < -0.39 is 6.04 Å². The Morgan fingerprint density at radius 1 is 1.40 bits per heavy atom. The summed E-state index contributed by atoms with van der Waals surface area (Å²) in [7, 11) is 1.63. The first-order chi connectivity index (χ1) is 12.0. The minimum absolute atomic E-state index is 0.0883. The van der Waals surface area contributed by atoms with E-state index in [2.05, 4.69) is 5.32 Å². The highest BCUT2D eigenvalue weighted by atomic mass is 16.5. The lowest BCUT2D eigenvalue weighted by atomic mass is 10.1. The minimum Gasteiger partial charge on any atom is -0.494 e. The molecule has 0 spiro atoms. The lowest BCUT2D eigenvalue weighted by Crippen LogP contribution is -2.56. The zero-order valence-corrected chi connectivity index (χ0v) is 14.9. The average molecular weight is 349 g/mol. The summed E-state index contributed by atoms with van der Waals surface area (Å²) in [6.45, 7) is 4.61. The van der Waals surface area contributed by atoms with Gasteiger partial charge in [0, 0.05) is 33.2 Å². The number of carbonyl (C=O) groups is 2. The van der Waals surface area contributed by atoms with Gasteiger partial charge in [-0.3, -0.25) is 14.5 Å². The second-order valence-corrected chi connectivity index (χ2v) is 6.10. The molecule has 0 unspecified atom stereocenters. The monoisotopic (exact) mass is 349 g/mol. The number of carbonyl (C=O) groups excluding carboxylic acids is 2. The number of rotatable bonds is 8. The molecule has 1 saturated heterocycles. The molecule has 1 fully saturated rings. The lowest BCUT2D eigenvalue weighted by molar-refractivity contribution is -0.138. The third-order valence-corrected chi connectivity index (χ3v) is 4.29. The van der Waals surface area contributed by atoms with E-state index in [0.29, 0.717) is 26.2 Å². The standard InChI is InChI=1S/C18H27N3O4/c1-3-25-15-6-4-14(5-7-15)13-21-9-8-19-18(24)16(21)12-17(23)20(2)10-11-22/h4-7,16,22H,3,8-13H2,1-2H3,(H,19,24)/t16-/m0/s1. The molecule has 1 aromatic rings. The maximum absolute atomic E-state index is 12.3. The number of hydrogen-bond donors (Lipinski definition) is 2. The highest BCUT2D eigenvalue weighted by Gasteiger charge is 2.32. The molecule has 2 rings (SSSR count). The van der Waals surface area contributed by atoms with E-state index in [9.17, 15) is 9.59 Å². The van der Waals surface area contributed by atoms with Crippen molar-refractivity contribution in [1.82, 2.24) is 15.1 Å². The van der Waals surface area contributed by atoms with Crippen LogP contribution in [0.15, 0.2) is 24.3 Å². The maximum Gasteiger partial charge on any atom is 0.237 e. The summed E-state index contributed by atoms with van der Waals surface area (Å²) in [5.74, 6) is 0.552. The van der Waals surface area contributed by atoms with Crippen molar-refractivity contribution in [2.75, 3.05) is 39.9 Å². The fourth-order valence-corrected chi connectivity index (χ4v) is 2.86. The zero-order chi connectivity index (χ0) is 18.2. The van der Waals surface area contributed by atoms with E-state index in [4.69, 9.17) is 9.84 Å². The Morgan fingerprint density at radius 3 is 2.76 bits per heavy atom. The molecule has 1 atom stereocenters. The number of amides is 2. The molecule has 25 heavy (non-hydrogen) atoms. The zero-order valence-electron chi connectivity index (χ0n) is 14.9. The van der Waals surface area contributed by atoms with Gasteiger partial charge >= 0.3 is 0 Å². The van der Waals surface area contributed by atoms with Crippen molar-refractivity contribution in [3.05, 3.63) is 29.8 Å². The molecular weight excluding hydrogens is 322 g/mol. The van der Waals surface area contributed by atoms with Crippen LogP contribution in [0.25, 0.3) is 0 Å². The first-order valence-corrected chi connectivity index (χ1v) is 8.63. The molecule has 0 bridgehead atoms. The smallest absolute Gasteiger partial charge is 0.237 e. The van der Waals surface area contributed by atoms with Crippen LogP contribution >= 0.6 is 0 Å². The van der Waals surface area contributed by atoms with Gasteiger partial charge in [-0.15, -0.1) is 0 Å². The van der Waals surface area contributed by atoms with E-state index in [0.717, 1.165) is 11.3 Å². The van der Waals surface area contributed by atoms with Gasteiger partial charge in [-0.1, -0.05) is 12.1 Å². The second kappa shape index (κ2) is 9.39. The summed E-state index contributed by atoms with van der Waals surface area (Å²) in [6, 6.07) is 7.30. The van der Waals surface area contributed by atoms with Crippen LogP contribution in [0.3, 0.4) is 0 Å². The van der Waals surface area contributed by atoms with Crippen molar-refractivity contribution in [1.29, 1.82) is 0 Å². The number of piperazine rings is 1. The first-order valence-electron chi connectivity index (χ1n) is 8.63. The Kier molecular flexibility index (Phi) is 7.21. The average Bonchev–Trinajstić information content (AvgIpc) is 2.60. The molecule has 0 saturated carbocycles. The van der Waals surface area contributed by atoms with E-state index in [1.54, 1.807) is 7.05 Å². The van der Waals surface area contributed by atoms with Gasteiger partial charge in [0.25, 0.3) is 0 Å². The molecular formula is C18H27N3O4. The van der Waals surface area contributed by atoms with Crippen LogP contribution in [-0.2, 0) is 16.1 Å². The van der Waals surface area contributed by atoms with Gasteiger partial charge in [0.2, 0.25) is 11.8 Å². The van der Waals surface area contributed by atoms with E-state index in [-0.39, 0.29) is 31.4 Å². The third kappa shape index (κ3) is 5.44. The van der Waals surface area contributed by atoms with Crippen molar-refractivity contribution in [3.63, 3.8) is 0 Å². The summed E-state index contributed by atoms with van der Waals surface area (Å²) in [6.07, 6.45) is 0.110. The van der Waals surface area contributed by atoms with Gasteiger partial charge in [0.15, 0.2) is 0 Å². The fourth-order valence-electron chi connectivity index (χ4n) is 2.86. The highest BCUT2D eigenvalue weighted by Crippen LogP contribution is 2.17. The summed E-state index contributed by atoms with van der Waals surface area (Å²) in [5, 5.41) is 11.8. The Hall–Kier alpha value is -2.12. The molecule has 0 aliphatic carbocycles. The molecule has 0 aromatic heterocycles. The maximum atomic E-state index is 12.3. The minimum atomic E-state index is -0.492. The molecule has 7 nitrogen and oxygen atoms in total. The summed E-state index contributed by atoms with van der Waals surface area (Å²) < 4.78 is 5.44. The number of aliphatic hydroxyl groups excluding tert-OH is 1. The molecule has 138 valence electrons. The lowest BCUT2D eigenvalue weighted by Gasteiger charge is -2.35. The van der Waals surface area contributed by atoms with Gasteiger partial charge in [0.1, 0.15) is 5.75 Å². The van der Waals surface area contributed by atoms with Crippen molar-refractivity contribution in [2.24, 2.45) is 0 Å². The van der Waals surface area contributed by atoms with Crippen LogP contribution in [0.1, 0.15) is 18.9 Å². The largest absolute Gasteiger partial charge is 0.494 e. The fraction of sp³-hybridized carbons (Fsp3) is 0.556. The summed E-state index contributed by atoms with van der Waals surface area (Å²) in [4.78, 5) is 28.0. The van der Waals surface area contributed by atoms with Crippen molar-refractivity contribution in [3.8, 4) is 5.75 Å². The van der Waals surface area contributed by atoms with Crippen molar-refractivity contribution >= 4 is 11.8 Å². The number of ether oxygens (including phenoxy) is 1. The number of likely N-dealkylation sites (N-methyl/N-ethyl adjacent to an activating group) is 1. The molecule has 7 heteroatoms. The molecule has 2 N–H and O–H groups in total. The van der Waals surface area contributed by atoms with Crippen LogP contribution in [-0.4, -0.2) is 72.7 Å². The van der Waals surface area contributed by atoms with Crippen LogP contribution in [0.5, 0.6) is 5.75 Å². The predicted molar refractivity (Wildman–Crippen MR) is 94.2 cm³/mol. The van der Waals surface area contributed by atoms with Gasteiger partial charge in [-0.2, -0.15) is 0 Å². The van der Waals surface area contributed by atoms with Crippen LogP contribution in [0.4, 0.5) is 0 Å². The Bertz CT molecular complexity index is 576. The number of nitrogens with zero attached hydrogens (tertiary/aromatic N) is 2. The molecule has 1 aromatic carbocycles. The normalized spacial score (nSPS) is 17.9. The molecule has 1 aliphatic heterocycles. The van der Waals surface area contributed by atoms with Gasteiger partial charge in [0.05, 0.1) is 25.7 Å².